The molecule has 0 radical (unpaired) electrons. The molecule has 13 heavy (non-hydrogen) atoms. The van der Waals surface area contributed by atoms with Crippen molar-refractivity contribution in [2.75, 3.05) is 0 Å². The highest BCUT2D eigenvalue weighted by molar-refractivity contribution is 9.09. The molecule has 76 valence electrons. The molecule has 1 aliphatic rings. The van der Waals surface area contributed by atoms with Gasteiger partial charge in [0.15, 0.2) is 0 Å². The maximum atomic E-state index is 11.2. The van der Waals surface area contributed by atoms with Gasteiger partial charge in [-0.15, -0.1) is 0 Å². The van der Waals surface area contributed by atoms with Crippen molar-refractivity contribution >= 4 is 21.9 Å². The number of esters is 1. The van der Waals surface area contributed by atoms with Crippen LogP contribution in [-0.4, -0.2) is 16.9 Å². The molecule has 0 amide bonds. The third-order valence-electron chi connectivity index (χ3n) is 2.36. The van der Waals surface area contributed by atoms with E-state index >= 15 is 0 Å². The van der Waals surface area contributed by atoms with Crippen LogP contribution in [0, 0.1) is 0 Å². The number of carbonyl (C=O) groups is 1. The monoisotopic (exact) mass is 248 g/mol. The van der Waals surface area contributed by atoms with E-state index in [0.29, 0.717) is 11.2 Å². The molecule has 2 unspecified atom stereocenters. The Kier molecular flexibility index (Phi) is 4.78. The average Bonchev–Trinajstić information content (AvgIpc) is 2.09. The Hall–Kier alpha value is -0.0500. The topological polar surface area (TPSA) is 26.3 Å². The second-order valence-corrected chi connectivity index (χ2v) is 4.75. The van der Waals surface area contributed by atoms with E-state index in [0.717, 1.165) is 19.3 Å². The molecule has 2 atom stereocenters. The summed E-state index contributed by atoms with van der Waals surface area (Å²) >= 11 is 3.56. The number of hydrogen-bond donors (Lipinski definition) is 0. The van der Waals surface area contributed by atoms with Crippen LogP contribution in [0.4, 0.5) is 0 Å². The number of alkyl halides is 1. The van der Waals surface area contributed by atoms with Gasteiger partial charge in [0.25, 0.3) is 0 Å². The summed E-state index contributed by atoms with van der Waals surface area (Å²) in [5, 5.41) is 0. The first-order chi connectivity index (χ1) is 6.24. The van der Waals surface area contributed by atoms with E-state index in [4.69, 9.17) is 4.74 Å². The molecule has 3 heteroatoms. The van der Waals surface area contributed by atoms with Crippen molar-refractivity contribution in [3.8, 4) is 0 Å². The van der Waals surface area contributed by atoms with Crippen LogP contribution in [0.1, 0.15) is 45.4 Å². The molecule has 1 saturated carbocycles. The van der Waals surface area contributed by atoms with Gasteiger partial charge in [0, 0.05) is 6.42 Å². The number of ether oxygens (including phenoxy) is 1. The number of carbonyl (C=O) groups excluding carboxylic acids is 1. The van der Waals surface area contributed by atoms with E-state index in [9.17, 15) is 4.79 Å². The van der Waals surface area contributed by atoms with Crippen LogP contribution in [-0.2, 0) is 9.53 Å². The third-order valence-corrected chi connectivity index (χ3v) is 3.41. The Morgan fingerprint density at radius 1 is 1.46 bits per heavy atom. The van der Waals surface area contributed by atoms with Crippen molar-refractivity contribution < 1.29 is 9.53 Å². The van der Waals surface area contributed by atoms with Gasteiger partial charge in [-0.05, 0) is 25.7 Å². The lowest BCUT2D eigenvalue weighted by molar-refractivity contribution is -0.150. The Labute approximate surface area is 88.2 Å². The Balaban J connectivity index is 2.29. The highest BCUT2D eigenvalue weighted by atomic mass is 79.9. The van der Waals surface area contributed by atoms with Gasteiger partial charge in [-0.1, -0.05) is 29.3 Å². The fraction of sp³-hybridized carbons (Fsp3) is 0.900. The molecule has 0 aliphatic heterocycles. The van der Waals surface area contributed by atoms with Gasteiger partial charge >= 0.3 is 5.97 Å². The third kappa shape index (κ3) is 3.67. The summed E-state index contributed by atoms with van der Waals surface area (Å²) < 4.78 is 5.36. The summed E-state index contributed by atoms with van der Waals surface area (Å²) in [6.45, 7) is 1.99. The average molecular weight is 249 g/mol. The van der Waals surface area contributed by atoms with Gasteiger partial charge in [-0.2, -0.15) is 0 Å². The van der Waals surface area contributed by atoms with E-state index in [1.54, 1.807) is 0 Å². The lowest BCUT2D eigenvalue weighted by Gasteiger charge is -2.26. The summed E-state index contributed by atoms with van der Waals surface area (Å²) in [5.41, 5.74) is 0. The smallest absolute Gasteiger partial charge is 0.306 e. The molecular formula is C10H17BrO2. The summed E-state index contributed by atoms with van der Waals surface area (Å²) in [7, 11) is 0. The van der Waals surface area contributed by atoms with E-state index in [1.807, 2.05) is 6.92 Å². The maximum absolute atomic E-state index is 11.2. The zero-order valence-electron chi connectivity index (χ0n) is 8.09. The molecule has 0 N–H and O–H groups in total. The predicted octanol–water partition coefficient (Wildman–Crippen LogP) is 3.04. The van der Waals surface area contributed by atoms with Crippen LogP contribution in [0.3, 0.4) is 0 Å². The van der Waals surface area contributed by atoms with Crippen LogP contribution in [0.15, 0.2) is 0 Å². The largest absolute Gasteiger partial charge is 0.461 e. The molecular weight excluding hydrogens is 232 g/mol. The quantitative estimate of drug-likeness (QED) is 0.567. The van der Waals surface area contributed by atoms with Crippen molar-refractivity contribution in [2.45, 2.75) is 56.4 Å². The number of halogens is 1. The summed E-state index contributed by atoms with van der Waals surface area (Å²) in [5.74, 6) is -0.0427. The highest BCUT2D eigenvalue weighted by Crippen LogP contribution is 2.27. The van der Waals surface area contributed by atoms with Crippen molar-refractivity contribution in [3.63, 3.8) is 0 Å². The molecule has 0 saturated heterocycles. The fourth-order valence-electron chi connectivity index (χ4n) is 1.62. The zero-order chi connectivity index (χ0) is 9.68. The van der Waals surface area contributed by atoms with Gasteiger partial charge < -0.3 is 4.74 Å². The van der Waals surface area contributed by atoms with E-state index < -0.39 is 0 Å². The lowest BCUT2D eigenvalue weighted by atomic mass is 9.97. The summed E-state index contributed by atoms with van der Waals surface area (Å²) in [4.78, 5) is 11.6. The molecule has 0 heterocycles. The van der Waals surface area contributed by atoms with Crippen LogP contribution in [0.2, 0.25) is 0 Å². The second-order valence-electron chi connectivity index (χ2n) is 3.58. The number of hydrogen-bond acceptors (Lipinski definition) is 2. The fourth-order valence-corrected chi connectivity index (χ4v) is 2.31. The van der Waals surface area contributed by atoms with Gasteiger partial charge in [-0.3, -0.25) is 4.79 Å². The molecule has 2 nitrogen and oxygen atoms in total. The van der Waals surface area contributed by atoms with Crippen molar-refractivity contribution in [1.29, 1.82) is 0 Å². The van der Waals surface area contributed by atoms with E-state index in [1.165, 1.54) is 12.8 Å². The second kappa shape index (κ2) is 5.63. The molecule has 1 fully saturated rings. The standard InChI is InChI=1S/C10H17BrO2/c1-2-5-10(12)13-9-7-4-3-6-8(9)11/h8-9H,2-7H2,1H3. The van der Waals surface area contributed by atoms with Gasteiger partial charge in [0.2, 0.25) is 0 Å². The molecule has 0 spiro atoms. The van der Waals surface area contributed by atoms with Gasteiger partial charge in [0.05, 0.1) is 4.83 Å². The van der Waals surface area contributed by atoms with Crippen molar-refractivity contribution in [2.24, 2.45) is 0 Å². The first-order valence-corrected chi connectivity index (χ1v) is 5.99. The van der Waals surface area contributed by atoms with Crippen LogP contribution in [0.25, 0.3) is 0 Å². The molecule has 1 aliphatic carbocycles. The molecule has 1 rings (SSSR count). The SMILES string of the molecule is CCCC(=O)OC1CCCCC1Br. The van der Waals surface area contributed by atoms with E-state index in [2.05, 4.69) is 15.9 Å². The van der Waals surface area contributed by atoms with Crippen LogP contribution < -0.4 is 0 Å². The Bertz CT molecular complexity index is 170. The van der Waals surface area contributed by atoms with Crippen molar-refractivity contribution in [3.05, 3.63) is 0 Å². The summed E-state index contributed by atoms with van der Waals surface area (Å²) in [6.07, 6.45) is 6.13. The summed E-state index contributed by atoms with van der Waals surface area (Å²) in [6, 6.07) is 0. The van der Waals surface area contributed by atoms with Crippen molar-refractivity contribution in [1.82, 2.24) is 0 Å². The van der Waals surface area contributed by atoms with E-state index in [-0.39, 0.29) is 12.1 Å². The minimum absolute atomic E-state index is 0.0427. The highest BCUT2D eigenvalue weighted by Gasteiger charge is 2.25. The minimum Gasteiger partial charge on any atom is -0.461 e. The van der Waals surface area contributed by atoms with Crippen LogP contribution >= 0.6 is 15.9 Å². The minimum atomic E-state index is -0.0427. The molecule has 0 aromatic carbocycles. The first-order valence-electron chi connectivity index (χ1n) is 5.07. The maximum Gasteiger partial charge on any atom is 0.306 e. The Morgan fingerprint density at radius 3 is 2.77 bits per heavy atom. The normalized spacial score (nSPS) is 28.5. The first kappa shape index (κ1) is 11.0. The predicted molar refractivity (Wildman–Crippen MR) is 56.0 cm³/mol. The zero-order valence-corrected chi connectivity index (χ0v) is 9.68. The lowest BCUT2D eigenvalue weighted by Crippen LogP contribution is -2.30. The van der Waals surface area contributed by atoms with Gasteiger partial charge in [-0.25, -0.2) is 0 Å². The molecule has 0 aromatic rings. The Morgan fingerprint density at radius 2 is 2.15 bits per heavy atom. The molecule has 0 aromatic heterocycles. The van der Waals surface area contributed by atoms with Gasteiger partial charge in [0.1, 0.15) is 6.10 Å². The van der Waals surface area contributed by atoms with Crippen LogP contribution in [0.5, 0.6) is 0 Å². The number of rotatable bonds is 3. The molecule has 0 bridgehead atoms.